The van der Waals surface area contributed by atoms with Crippen LogP contribution in [0.25, 0.3) is 0 Å². The topological polar surface area (TPSA) is 35.6 Å². The molecule has 5 heteroatoms. The van der Waals surface area contributed by atoms with E-state index in [1.165, 1.54) is 12.8 Å². The van der Waals surface area contributed by atoms with Crippen molar-refractivity contribution in [2.45, 2.75) is 19.3 Å². The van der Waals surface area contributed by atoms with Crippen LogP contribution < -0.4 is 5.32 Å². The number of hydrogen-bond donors (Lipinski definition) is 1. The van der Waals surface area contributed by atoms with Crippen molar-refractivity contribution in [3.8, 4) is 0 Å². The van der Waals surface area contributed by atoms with Crippen molar-refractivity contribution in [1.82, 2.24) is 15.1 Å². The highest BCUT2D eigenvalue weighted by Crippen LogP contribution is 2.27. The second kappa shape index (κ2) is 7.19. The Hall–Kier alpha value is -0.320. The number of carbonyl (C=O) groups is 1. The molecule has 1 aliphatic heterocycles. The Kier molecular flexibility index (Phi) is 6.23. The Balaban J connectivity index is 0.00000144. The summed E-state index contributed by atoms with van der Waals surface area (Å²) < 4.78 is 0. The zero-order chi connectivity index (χ0) is 11.4. The van der Waals surface area contributed by atoms with Crippen LogP contribution in [-0.2, 0) is 4.79 Å². The highest BCUT2D eigenvalue weighted by molar-refractivity contribution is 5.85. The molecule has 0 radical (unpaired) electrons. The molecule has 1 N–H and O–H groups in total. The van der Waals surface area contributed by atoms with Crippen LogP contribution in [0.15, 0.2) is 0 Å². The summed E-state index contributed by atoms with van der Waals surface area (Å²) in [7, 11) is 2.12. The minimum Gasteiger partial charge on any atom is -0.340 e. The maximum Gasteiger partial charge on any atom is 0.236 e. The Morgan fingerprint density at radius 2 is 2.00 bits per heavy atom. The predicted octanol–water partition coefficient (Wildman–Crippen LogP) is 0.572. The number of rotatable bonds is 4. The molecule has 17 heavy (non-hydrogen) atoms. The Morgan fingerprint density at radius 1 is 1.24 bits per heavy atom. The van der Waals surface area contributed by atoms with Gasteiger partial charge in [-0.25, -0.2) is 0 Å². The molecule has 1 amide bonds. The maximum atomic E-state index is 11.9. The van der Waals surface area contributed by atoms with E-state index in [1.807, 2.05) is 4.90 Å². The summed E-state index contributed by atoms with van der Waals surface area (Å²) in [6.45, 7) is 5.49. The molecule has 1 saturated heterocycles. The molecule has 0 aromatic heterocycles. The molecule has 1 aliphatic carbocycles. The van der Waals surface area contributed by atoms with Gasteiger partial charge < -0.3 is 15.1 Å². The van der Waals surface area contributed by atoms with Crippen LogP contribution in [0.3, 0.4) is 0 Å². The van der Waals surface area contributed by atoms with E-state index in [2.05, 4.69) is 17.3 Å². The van der Waals surface area contributed by atoms with E-state index in [4.69, 9.17) is 0 Å². The first-order valence-electron chi connectivity index (χ1n) is 6.43. The summed E-state index contributed by atoms with van der Waals surface area (Å²) in [4.78, 5) is 16.2. The number of likely N-dealkylation sites (N-methyl/N-ethyl adjacent to an activating group) is 1. The van der Waals surface area contributed by atoms with Crippen molar-refractivity contribution in [1.29, 1.82) is 0 Å². The lowest BCUT2D eigenvalue weighted by atomic mass is 10.3. The Morgan fingerprint density at radius 3 is 2.71 bits per heavy atom. The molecule has 0 bridgehead atoms. The zero-order valence-electron chi connectivity index (χ0n) is 10.7. The van der Waals surface area contributed by atoms with Gasteiger partial charge in [0.2, 0.25) is 5.91 Å². The van der Waals surface area contributed by atoms with E-state index in [9.17, 15) is 4.79 Å². The van der Waals surface area contributed by atoms with Gasteiger partial charge in [0.1, 0.15) is 0 Å². The van der Waals surface area contributed by atoms with Crippen molar-refractivity contribution < 1.29 is 4.79 Å². The van der Waals surface area contributed by atoms with Gasteiger partial charge in [-0.1, -0.05) is 0 Å². The summed E-state index contributed by atoms with van der Waals surface area (Å²) in [5.74, 6) is 1.12. The van der Waals surface area contributed by atoms with Crippen LogP contribution in [0.4, 0.5) is 0 Å². The van der Waals surface area contributed by atoms with Crippen molar-refractivity contribution >= 4 is 18.3 Å². The standard InChI is InChI=1S/C12H23N3O.ClH/c1-14-5-2-6-15(8-7-14)12(16)10-13-9-11-3-4-11;/h11,13H,2-10H2,1H3;1H. The second-order valence-corrected chi connectivity index (χ2v) is 5.11. The molecule has 1 heterocycles. The number of nitrogens with one attached hydrogen (secondary N) is 1. The van der Waals surface area contributed by atoms with E-state index < -0.39 is 0 Å². The predicted molar refractivity (Wildman–Crippen MR) is 71.5 cm³/mol. The molecule has 0 atom stereocenters. The van der Waals surface area contributed by atoms with Crippen LogP contribution in [0.5, 0.6) is 0 Å². The van der Waals surface area contributed by atoms with Gasteiger partial charge in [0.25, 0.3) is 0 Å². The van der Waals surface area contributed by atoms with E-state index in [-0.39, 0.29) is 18.3 Å². The summed E-state index contributed by atoms with van der Waals surface area (Å²) in [5.41, 5.74) is 0. The van der Waals surface area contributed by atoms with Crippen LogP contribution >= 0.6 is 12.4 Å². The van der Waals surface area contributed by atoms with Crippen LogP contribution in [0.2, 0.25) is 0 Å². The molecule has 2 aliphatic rings. The smallest absolute Gasteiger partial charge is 0.236 e. The first-order chi connectivity index (χ1) is 7.75. The number of carbonyl (C=O) groups excluding carboxylic acids is 1. The van der Waals surface area contributed by atoms with Crippen molar-refractivity contribution in [3.63, 3.8) is 0 Å². The van der Waals surface area contributed by atoms with E-state index in [1.54, 1.807) is 0 Å². The fraction of sp³-hybridized carbons (Fsp3) is 0.917. The minimum absolute atomic E-state index is 0. The summed E-state index contributed by atoms with van der Waals surface area (Å²) >= 11 is 0. The highest BCUT2D eigenvalue weighted by Gasteiger charge is 2.22. The second-order valence-electron chi connectivity index (χ2n) is 5.11. The number of halogens is 1. The Bertz CT molecular complexity index is 246. The summed E-state index contributed by atoms with van der Waals surface area (Å²) in [6, 6.07) is 0. The average molecular weight is 262 g/mol. The molecule has 100 valence electrons. The molecular formula is C12H24ClN3O. The van der Waals surface area contributed by atoms with Gasteiger partial charge in [-0.2, -0.15) is 0 Å². The SMILES string of the molecule is CN1CCCN(C(=O)CNCC2CC2)CC1.Cl. The molecule has 4 nitrogen and oxygen atoms in total. The van der Waals surface area contributed by atoms with Gasteiger partial charge in [-0.3, -0.25) is 4.79 Å². The fourth-order valence-electron chi connectivity index (χ4n) is 2.11. The monoisotopic (exact) mass is 261 g/mol. The largest absolute Gasteiger partial charge is 0.340 e. The van der Waals surface area contributed by atoms with Crippen molar-refractivity contribution in [2.24, 2.45) is 5.92 Å². The average Bonchev–Trinajstić information content (AvgIpc) is 3.06. The van der Waals surface area contributed by atoms with Crippen molar-refractivity contribution in [2.75, 3.05) is 46.3 Å². The van der Waals surface area contributed by atoms with Gasteiger partial charge in [-0.15, -0.1) is 12.4 Å². The zero-order valence-corrected chi connectivity index (χ0v) is 11.5. The Labute approximate surface area is 110 Å². The van der Waals surface area contributed by atoms with Gasteiger partial charge in [-0.05, 0) is 45.3 Å². The van der Waals surface area contributed by atoms with E-state index in [0.29, 0.717) is 6.54 Å². The normalized spacial score (nSPS) is 21.8. The van der Waals surface area contributed by atoms with Gasteiger partial charge in [0, 0.05) is 19.6 Å². The summed E-state index contributed by atoms with van der Waals surface area (Å²) in [6.07, 6.45) is 3.79. The third kappa shape index (κ3) is 5.23. The third-order valence-corrected chi connectivity index (χ3v) is 3.48. The lowest BCUT2D eigenvalue weighted by Crippen LogP contribution is -2.40. The van der Waals surface area contributed by atoms with E-state index in [0.717, 1.165) is 45.1 Å². The molecule has 0 spiro atoms. The van der Waals surface area contributed by atoms with Crippen molar-refractivity contribution in [3.05, 3.63) is 0 Å². The number of nitrogens with zero attached hydrogens (tertiary/aromatic N) is 2. The number of amides is 1. The maximum absolute atomic E-state index is 11.9. The van der Waals surface area contributed by atoms with E-state index >= 15 is 0 Å². The molecule has 1 saturated carbocycles. The quantitative estimate of drug-likeness (QED) is 0.804. The lowest BCUT2D eigenvalue weighted by molar-refractivity contribution is -0.130. The number of hydrogen-bond acceptors (Lipinski definition) is 3. The van der Waals surface area contributed by atoms with Crippen LogP contribution in [-0.4, -0.2) is 62.0 Å². The molecule has 0 unspecified atom stereocenters. The molecule has 2 fully saturated rings. The molecule has 0 aromatic carbocycles. The van der Waals surface area contributed by atoms with Gasteiger partial charge in [0.15, 0.2) is 0 Å². The fourth-order valence-corrected chi connectivity index (χ4v) is 2.11. The molecular weight excluding hydrogens is 238 g/mol. The molecule has 2 rings (SSSR count). The first kappa shape index (κ1) is 14.7. The highest BCUT2D eigenvalue weighted by atomic mass is 35.5. The summed E-state index contributed by atoms with van der Waals surface area (Å²) in [5, 5.41) is 3.27. The third-order valence-electron chi connectivity index (χ3n) is 3.48. The van der Waals surface area contributed by atoms with Gasteiger partial charge >= 0.3 is 0 Å². The van der Waals surface area contributed by atoms with Gasteiger partial charge in [0.05, 0.1) is 6.54 Å². The lowest BCUT2D eigenvalue weighted by Gasteiger charge is -2.20. The minimum atomic E-state index is 0. The molecule has 0 aromatic rings. The first-order valence-corrected chi connectivity index (χ1v) is 6.43. The van der Waals surface area contributed by atoms with Crippen LogP contribution in [0.1, 0.15) is 19.3 Å². The van der Waals surface area contributed by atoms with Crippen LogP contribution in [0, 0.1) is 5.92 Å².